The molecule has 1 unspecified atom stereocenters. The molecule has 0 fully saturated rings. The number of aromatic nitrogens is 2. The van der Waals surface area contributed by atoms with Crippen molar-refractivity contribution in [1.82, 2.24) is 9.78 Å². The van der Waals surface area contributed by atoms with Crippen LogP contribution in [0.4, 0.5) is 0 Å². The summed E-state index contributed by atoms with van der Waals surface area (Å²) in [4.78, 5) is 12.2. The standard InChI is InChI=1S/C15H25ClN2O/c1-7-18-13(14(16)11(3)17-18)9-12(19)8-10(2)15(4,5)6/h10H,7-9H2,1-6H3. The Kier molecular flexibility index (Phi) is 5.19. The summed E-state index contributed by atoms with van der Waals surface area (Å²) in [7, 11) is 0. The molecule has 19 heavy (non-hydrogen) atoms. The molecule has 0 bridgehead atoms. The molecule has 1 atom stereocenters. The Morgan fingerprint density at radius 1 is 1.42 bits per heavy atom. The van der Waals surface area contributed by atoms with Gasteiger partial charge in [-0.05, 0) is 25.2 Å². The van der Waals surface area contributed by atoms with Gasteiger partial charge in [-0.25, -0.2) is 0 Å². The van der Waals surface area contributed by atoms with Crippen molar-refractivity contribution in [1.29, 1.82) is 0 Å². The largest absolute Gasteiger partial charge is 0.299 e. The van der Waals surface area contributed by atoms with E-state index in [9.17, 15) is 4.79 Å². The zero-order valence-electron chi connectivity index (χ0n) is 12.9. The Labute approximate surface area is 121 Å². The maximum Gasteiger partial charge on any atom is 0.139 e. The number of rotatable bonds is 5. The minimum atomic E-state index is 0.153. The lowest BCUT2D eigenvalue weighted by atomic mass is 9.79. The number of aryl methyl sites for hydroxylation is 2. The number of hydrogen-bond donors (Lipinski definition) is 0. The van der Waals surface area contributed by atoms with E-state index in [-0.39, 0.29) is 11.2 Å². The molecular weight excluding hydrogens is 260 g/mol. The lowest BCUT2D eigenvalue weighted by Gasteiger charge is -2.26. The molecule has 0 saturated carbocycles. The molecule has 0 aliphatic heterocycles. The van der Waals surface area contributed by atoms with E-state index in [4.69, 9.17) is 11.6 Å². The highest BCUT2D eigenvalue weighted by molar-refractivity contribution is 6.32. The van der Waals surface area contributed by atoms with Crippen LogP contribution in [0.25, 0.3) is 0 Å². The van der Waals surface area contributed by atoms with Gasteiger partial charge in [0.1, 0.15) is 5.78 Å². The minimum absolute atomic E-state index is 0.153. The van der Waals surface area contributed by atoms with Gasteiger partial charge in [0.25, 0.3) is 0 Å². The summed E-state index contributed by atoms with van der Waals surface area (Å²) >= 11 is 6.23. The van der Waals surface area contributed by atoms with Crippen LogP contribution in [0.5, 0.6) is 0 Å². The average Bonchev–Trinajstić information content (AvgIpc) is 2.55. The van der Waals surface area contributed by atoms with Gasteiger partial charge in [-0.3, -0.25) is 9.48 Å². The molecule has 0 aromatic carbocycles. The Balaban J connectivity index is 2.78. The monoisotopic (exact) mass is 284 g/mol. The summed E-state index contributed by atoms with van der Waals surface area (Å²) in [5.41, 5.74) is 1.81. The number of nitrogens with zero attached hydrogens (tertiary/aromatic N) is 2. The molecule has 4 heteroatoms. The van der Waals surface area contributed by atoms with E-state index >= 15 is 0 Å². The topological polar surface area (TPSA) is 34.9 Å². The second-order valence-corrected chi connectivity index (χ2v) is 6.73. The first kappa shape index (κ1) is 16.2. The SMILES string of the molecule is CCn1nc(C)c(Cl)c1CC(=O)CC(C)C(C)(C)C. The molecule has 0 radical (unpaired) electrons. The third kappa shape index (κ3) is 4.07. The van der Waals surface area contributed by atoms with Crippen molar-refractivity contribution in [2.24, 2.45) is 11.3 Å². The molecular formula is C15H25ClN2O. The fraction of sp³-hybridized carbons (Fsp3) is 0.733. The van der Waals surface area contributed by atoms with Crippen LogP contribution in [-0.4, -0.2) is 15.6 Å². The summed E-state index contributed by atoms with van der Waals surface area (Å²) in [5, 5.41) is 4.98. The first-order valence-corrected chi connectivity index (χ1v) is 7.28. The smallest absolute Gasteiger partial charge is 0.139 e. The van der Waals surface area contributed by atoms with Crippen molar-refractivity contribution in [3.05, 3.63) is 16.4 Å². The summed E-state index contributed by atoms with van der Waals surface area (Å²) in [6.45, 7) is 13.2. The van der Waals surface area contributed by atoms with Gasteiger partial charge in [0, 0.05) is 19.4 Å². The van der Waals surface area contributed by atoms with Crippen molar-refractivity contribution in [2.45, 2.75) is 60.9 Å². The number of hydrogen-bond acceptors (Lipinski definition) is 2. The second-order valence-electron chi connectivity index (χ2n) is 6.35. The van der Waals surface area contributed by atoms with Crippen molar-refractivity contribution in [2.75, 3.05) is 0 Å². The number of carbonyl (C=O) groups excluding carboxylic acids is 1. The molecule has 1 heterocycles. The Bertz CT molecular complexity index is 457. The average molecular weight is 285 g/mol. The zero-order valence-corrected chi connectivity index (χ0v) is 13.6. The van der Waals surface area contributed by atoms with Crippen LogP contribution in [0.15, 0.2) is 0 Å². The Morgan fingerprint density at radius 2 is 2.00 bits per heavy atom. The van der Waals surface area contributed by atoms with Gasteiger partial charge in [-0.15, -0.1) is 0 Å². The lowest BCUT2D eigenvalue weighted by molar-refractivity contribution is -0.120. The predicted octanol–water partition coefficient (Wildman–Crippen LogP) is 4.05. The van der Waals surface area contributed by atoms with E-state index in [2.05, 4.69) is 32.8 Å². The Morgan fingerprint density at radius 3 is 2.47 bits per heavy atom. The highest BCUT2D eigenvalue weighted by atomic mass is 35.5. The van der Waals surface area contributed by atoms with E-state index in [0.29, 0.717) is 23.8 Å². The second kappa shape index (κ2) is 6.08. The summed E-state index contributed by atoms with van der Waals surface area (Å²) in [6, 6.07) is 0. The van der Waals surface area contributed by atoms with Crippen molar-refractivity contribution in [3.8, 4) is 0 Å². The van der Waals surface area contributed by atoms with Crippen LogP contribution >= 0.6 is 11.6 Å². The van der Waals surface area contributed by atoms with Gasteiger partial charge >= 0.3 is 0 Å². The van der Waals surface area contributed by atoms with Crippen LogP contribution in [0.3, 0.4) is 0 Å². The van der Waals surface area contributed by atoms with Crippen molar-refractivity contribution < 1.29 is 4.79 Å². The molecule has 108 valence electrons. The van der Waals surface area contributed by atoms with Crippen molar-refractivity contribution in [3.63, 3.8) is 0 Å². The fourth-order valence-corrected chi connectivity index (χ4v) is 2.15. The number of carbonyl (C=O) groups is 1. The molecule has 3 nitrogen and oxygen atoms in total. The molecule has 0 amide bonds. The molecule has 1 aromatic rings. The minimum Gasteiger partial charge on any atom is -0.299 e. The number of ketones is 1. The van der Waals surface area contributed by atoms with Crippen LogP contribution in [-0.2, 0) is 17.8 Å². The molecule has 0 spiro atoms. The number of Topliss-reactive ketones (excluding diaryl/α,β-unsaturated/α-hetero) is 1. The molecule has 0 aliphatic rings. The van der Waals surface area contributed by atoms with E-state index in [1.54, 1.807) is 0 Å². The quantitative estimate of drug-likeness (QED) is 0.817. The van der Waals surface area contributed by atoms with Crippen LogP contribution in [0.1, 0.15) is 52.4 Å². The zero-order chi connectivity index (χ0) is 14.8. The highest BCUT2D eigenvalue weighted by Gasteiger charge is 2.24. The van der Waals surface area contributed by atoms with Gasteiger partial charge in [-0.1, -0.05) is 39.3 Å². The van der Waals surface area contributed by atoms with E-state index < -0.39 is 0 Å². The van der Waals surface area contributed by atoms with Gasteiger partial charge in [0.2, 0.25) is 0 Å². The first-order valence-electron chi connectivity index (χ1n) is 6.90. The fourth-order valence-electron chi connectivity index (χ4n) is 1.94. The Hall–Kier alpha value is -0.830. The maximum atomic E-state index is 12.2. The van der Waals surface area contributed by atoms with E-state index in [0.717, 1.165) is 17.9 Å². The van der Waals surface area contributed by atoms with Crippen LogP contribution in [0, 0.1) is 18.3 Å². The van der Waals surface area contributed by atoms with Crippen molar-refractivity contribution >= 4 is 17.4 Å². The van der Waals surface area contributed by atoms with Gasteiger partial charge in [-0.2, -0.15) is 5.10 Å². The van der Waals surface area contributed by atoms with Gasteiger partial charge < -0.3 is 0 Å². The summed E-state index contributed by atoms with van der Waals surface area (Å²) < 4.78 is 1.83. The lowest BCUT2D eigenvalue weighted by Crippen LogP contribution is -2.22. The third-order valence-electron chi connectivity index (χ3n) is 3.83. The molecule has 1 rings (SSSR count). The predicted molar refractivity (Wildman–Crippen MR) is 79.6 cm³/mol. The number of halogens is 1. The normalized spacial score (nSPS) is 13.6. The summed E-state index contributed by atoms with van der Waals surface area (Å²) in [5.74, 6) is 0.594. The van der Waals surface area contributed by atoms with Gasteiger partial charge in [0.05, 0.1) is 16.4 Å². The highest BCUT2D eigenvalue weighted by Crippen LogP contribution is 2.29. The molecule has 0 saturated heterocycles. The van der Waals surface area contributed by atoms with E-state index in [1.807, 2.05) is 18.5 Å². The van der Waals surface area contributed by atoms with Crippen LogP contribution < -0.4 is 0 Å². The third-order valence-corrected chi connectivity index (χ3v) is 4.32. The first-order chi connectivity index (χ1) is 8.66. The summed E-state index contributed by atoms with van der Waals surface area (Å²) in [6.07, 6.45) is 0.974. The van der Waals surface area contributed by atoms with Crippen LogP contribution in [0.2, 0.25) is 5.02 Å². The molecule has 0 N–H and O–H groups in total. The van der Waals surface area contributed by atoms with Gasteiger partial charge in [0.15, 0.2) is 0 Å². The maximum absolute atomic E-state index is 12.2. The van der Waals surface area contributed by atoms with E-state index in [1.165, 1.54) is 0 Å². The molecule has 1 aromatic heterocycles. The molecule has 0 aliphatic carbocycles.